The van der Waals surface area contributed by atoms with Crippen molar-refractivity contribution in [3.63, 3.8) is 0 Å². The third kappa shape index (κ3) is 1.76. The highest BCUT2D eigenvalue weighted by Gasteiger charge is 2.57. The van der Waals surface area contributed by atoms with Gasteiger partial charge in [0.05, 0.1) is 24.6 Å². The van der Waals surface area contributed by atoms with Crippen molar-refractivity contribution < 1.29 is 20.0 Å². The zero-order valence-electron chi connectivity index (χ0n) is 10.8. The number of carbonyl (C=O) groups excluding carboxylic acids is 1. The van der Waals surface area contributed by atoms with Crippen molar-refractivity contribution >= 4 is 5.97 Å². The van der Waals surface area contributed by atoms with Gasteiger partial charge in [0.1, 0.15) is 5.97 Å². The lowest BCUT2D eigenvalue weighted by molar-refractivity contribution is -1.02. The molecule has 18 heavy (non-hydrogen) atoms. The van der Waals surface area contributed by atoms with Gasteiger partial charge in [0, 0.05) is 6.54 Å². The highest BCUT2D eigenvalue weighted by atomic mass is 16.4. The quantitative estimate of drug-likeness (QED) is 0.557. The number of carboxylic acid groups (broad SMARTS) is 1. The predicted molar refractivity (Wildman–Crippen MR) is 62.2 cm³/mol. The van der Waals surface area contributed by atoms with Gasteiger partial charge < -0.3 is 15.0 Å². The number of hydrogen-bond acceptors (Lipinski definition) is 4. The normalized spacial score (nSPS) is 48.6. The summed E-state index contributed by atoms with van der Waals surface area (Å²) in [5, 5.41) is 25.1. The van der Waals surface area contributed by atoms with Crippen LogP contribution in [0.3, 0.4) is 0 Å². The number of quaternary nitrogens is 1. The van der Waals surface area contributed by atoms with Gasteiger partial charge in [0.2, 0.25) is 0 Å². The molecule has 6 unspecified atom stereocenters. The Balaban J connectivity index is 1.93. The van der Waals surface area contributed by atoms with Crippen molar-refractivity contribution in [2.24, 2.45) is 11.8 Å². The van der Waals surface area contributed by atoms with Crippen molar-refractivity contribution in [3.05, 3.63) is 0 Å². The second kappa shape index (κ2) is 4.47. The van der Waals surface area contributed by atoms with E-state index < -0.39 is 18.1 Å². The Morgan fingerprint density at radius 3 is 2.89 bits per heavy atom. The lowest BCUT2D eigenvalue weighted by Crippen LogP contribution is -3.21. The molecular formula is C13H22N2O3. The number of aliphatic hydroxyl groups excluding tert-OH is 1. The minimum atomic E-state index is -0.988. The summed E-state index contributed by atoms with van der Waals surface area (Å²) in [5.74, 6) is -0.651. The van der Waals surface area contributed by atoms with Crippen LogP contribution in [0.1, 0.15) is 32.6 Å². The number of rotatable bonds is 1. The maximum atomic E-state index is 11.5. The van der Waals surface area contributed by atoms with E-state index in [0.29, 0.717) is 5.92 Å². The number of aliphatic carboxylic acids is 1. The number of nitrogens with zero attached hydrogens (tertiary/aromatic N) is 1. The Morgan fingerprint density at radius 1 is 1.39 bits per heavy atom. The van der Waals surface area contributed by atoms with E-state index in [2.05, 4.69) is 11.9 Å². The fraction of sp³-hybridized carbons (Fsp3) is 0.923. The summed E-state index contributed by atoms with van der Waals surface area (Å²) in [5.41, 5.74) is 0. The number of hydrogen-bond donors (Lipinski definition) is 2. The molecule has 3 fully saturated rings. The van der Waals surface area contributed by atoms with Crippen LogP contribution in [-0.2, 0) is 4.79 Å². The fourth-order valence-corrected chi connectivity index (χ4v) is 4.37. The smallest absolute Gasteiger partial charge is 0.152 e. The van der Waals surface area contributed by atoms with Gasteiger partial charge in [-0.15, -0.1) is 0 Å². The zero-order valence-corrected chi connectivity index (χ0v) is 10.8. The first-order valence-corrected chi connectivity index (χ1v) is 7.11. The van der Waals surface area contributed by atoms with Gasteiger partial charge >= 0.3 is 0 Å². The lowest BCUT2D eigenvalue weighted by atomic mass is 9.74. The largest absolute Gasteiger partial charge is 0.544 e. The molecule has 2 N–H and O–H groups in total. The van der Waals surface area contributed by atoms with Crippen LogP contribution >= 0.6 is 0 Å². The van der Waals surface area contributed by atoms with Gasteiger partial charge in [0.15, 0.2) is 6.04 Å². The number of aliphatic hydroxyl groups is 1. The molecule has 0 aromatic rings. The van der Waals surface area contributed by atoms with Crippen molar-refractivity contribution in [2.75, 3.05) is 13.1 Å². The Bertz CT molecular complexity index is 349. The van der Waals surface area contributed by atoms with Crippen LogP contribution in [0, 0.1) is 11.8 Å². The van der Waals surface area contributed by atoms with Crippen molar-refractivity contribution in [3.8, 4) is 0 Å². The first-order chi connectivity index (χ1) is 8.59. The Hall–Kier alpha value is -0.650. The topological polar surface area (TPSA) is 68.0 Å². The molecule has 0 aromatic carbocycles. The standard InChI is InChI=1S/C13H22N2O3/c1-8-6-9-11(10(16)7-8)12(13(17)18)15-5-3-2-4-14(9)15/h8-12,16H,2-7H2,1H3,(H,17,18). The molecule has 5 heteroatoms. The Labute approximate surface area is 107 Å². The Morgan fingerprint density at radius 2 is 2.17 bits per heavy atom. The Kier molecular flexibility index (Phi) is 3.08. The van der Waals surface area contributed by atoms with Gasteiger partial charge in [0.25, 0.3) is 0 Å². The maximum Gasteiger partial charge on any atom is 0.152 e. The zero-order chi connectivity index (χ0) is 12.9. The van der Waals surface area contributed by atoms with Gasteiger partial charge in [-0.05, 0) is 31.6 Å². The first kappa shape index (κ1) is 12.4. The highest BCUT2D eigenvalue weighted by Crippen LogP contribution is 2.36. The fourth-order valence-electron chi connectivity index (χ4n) is 4.37. The number of carboxylic acids is 1. The molecule has 0 amide bonds. The number of fused-ring (bicyclic) bond motifs is 3. The third-order valence-electron chi connectivity index (χ3n) is 5.03. The molecule has 3 rings (SSSR count). The van der Waals surface area contributed by atoms with E-state index in [9.17, 15) is 15.0 Å². The molecule has 3 aliphatic rings. The van der Waals surface area contributed by atoms with E-state index in [4.69, 9.17) is 0 Å². The van der Waals surface area contributed by atoms with E-state index in [-0.39, 0.29) is 12.0 Å². The monoisotopic (exact) mass is 254 g/mol. The molecule has 102 valence electrons. The van der Waals surface area contributed by atoms with Crippen LogP contribution in [0.25, 0.3) is 0 Å². The maximum absolute atomic E-state index is 11.5. The molecule has 6 atom stereocenters. The average Bonchev–Trinajstić information content (AvgIpc) is 2.64. The number of carbonyl (C=O) groups is 1. The molecule has 5 nitrogen and oxygen atoms in total. The second-order valence-electron chi connectivity index (χ2n) is 6.23. The lowest BCUT2D eigenvalue weighted by Gasteiger charge is -2.36. The summed E-state index contributed by atoms with van der Waals surface area (Å²) in [6.07, 6.45) is 3.46. The summed E-state index contributed by atoms with van der Waals surface area (Å²) >= 11 is 0. The molecule has 0 radical (unpaired) electrons. The van der Waals surface area contributed by atoms with Crippen LogP contribution in [0.15, 0.2) is 0 Å². The molecule has 0 spiro atoms. The average molecular weight is 254 g/mol. The minimum Gasteiger partial charge on any atom is -0.544 e. The number of nitrogens with one attached hydrogen (secondary N) is 1. The van der Waals surface area contributed by atoms with Gasteiger partial charge in [-0.3, -0.25) is 0 Å². The van der Waals surface area contributed by atoms with Gasteiger partial charge in [-0.2, -0.15) is 5.01 Å². The summed E-state index contributed by atoms with van der Waals surface area (Å²) in [4.78, 5) is 11.5. The molecule has 2 saturated heterocycles. The van der Waals surface area contributed by atoms with Crippen LogP contribution in [-0.4, -0.2) is 47.4 Å². The molecular weight excluding hydrogens is 232 g/mol. The minimum absolute atomic E-state index is 0.140. The van der Waals surface area contributed by atoms with Crippen LogP contribution in [0.5, 0.6) is 0 Å². The van der Waals surface area contributed by atoms with Crippen molar-refractivity contribution in [1.82, 2.24) is 5.01 Å². The van der Waals surface area contributed by atoms with Crippen LogP contribution in [0.4, 0.5) is 0 Å². The highest BCUT2D eigenvalue weighted by molar-refractivity contribution is 5.70. The van der Waals surface area contributed by atoms with Crippen molar-refractivity contribution in [1.29, 1.82) is 0 Å². The van der Waals surface area contributed by atoms with Gasteiger partial charge in [-0.1, -0.05) is 6.92 Å². The first-order valence-electron chi connectivity index (χ1n) is 7.11. The van der Waals surface area contributed by atoms with E-state index in [1.807, 2.05) is 0 Å². The van der Waals surface area contributed by atoms with Crippen LogP contribution in [0.2, 0.25) is 0 Å². The second-order valence-corrected chi connectivity index (χ2v) is 6.23. The summed E-state index contributed by atoms with van der Waals surface area (Å²) in [6, 6.07) is -0.320. The van der Waals surface area contributed by atoms with Crippen LogP contribution < -0.4 is 10.1 Å². The summed E-state index contributed by atoms with van der Waals surface area (Å²) in [7, 11) is 0. The summed E-state index contributed by atoms with van der Waals surface area (Å²) < 4.78 is 0. The van der Waals surface area contributed by atoms with Crippen molar-refractivity contribution in [2.45, 2.75) is 50.8 Å². The molecule has 0 aromatic heterocycles. The molecule has 1 aliphatic carbocycles. The van der Waals surface area contributed by atoms with E-state index in [1.54, 1.807) is 0 Å². The van der Waals surface area contributed by atoms with Gasteiger partial charge in [-0.25, -0.2) is 5.01 Å². The predicted octanol–water partition coefficient (Wildman–Crippen LogP) is -2.21. The molecule has 2 heterocycles. The molecule has 0 bridgehead atoms. The summed E-state index contributed by atoms with van der Waals surface area (Å²) in [6.45, 7) is 3.97. The SMILES string of the molecule is CC1CC(O)C2C(C1)N1CCCC[NH+]1C2C(=O)[O-]. The molecule has 1 saturated carbocycles. The van der Waals surface area contributed by atoms with E-state index >= 15 is 0 Å². The third-order valence-corrected chi connectivity index (χ3v) is 5.03. The van der Waals surface area contributed by atoms with E-state index in [1.165, 1.54) is 0 Å². The molecule has 2 aliphatic heterocycles. The van der Waals surface area contributed by atoms with E-state index in [0.717, 1.165) is 43.8 Å².